The second-order valence-electron chi connectivity index (χ2n) is 3.52. The molecule has 3 heteroatoms. The lowest BCUT2D eigenvalue weighted by Crippen LogP contribution is -1.87. The minimum absolute atomic E-state index is 0.804. The van der Waals surface area contributed by atoms with Crippen molar-refractivity contribution in [2.75, 3.05) is 5.73 Å². The van der Waals surface area contributed by atoms with E-state index in [1.54, 1.807) is 11.3 Å². The summed E-state index contributed by atoms with van der Waals surface area (Å²) in [4.78, 5) is 3.14. The van der Waals surface area contributed by atoms with Crippen molar-refractivity contribution in [1.82, 2.24) is 4.98 Å². The van der Waals surface area contributed by atoms with Crippen molar-refractivity contribution in [1.29, 1.82) is 0 Å². The first kappa shape index (κ1) is 8.56. The molecular weight excluding hydrogens is 204 g/mol. The summed E-state index contributed by atoms with van der Waals surface area (Å²) in [7, 11) is 0. The molecule has 1 aromatic carbocycles. The molecular formula is C12H10N2S. The molecule has 0 fully saturated rings. The minimum Gasteiger partial charge on any atom is -0.397 e. The van der Waals surface area contributed by atoms with E-state index in [1.165, 1.54) is 11.1 Å². The molecule has 3 aromatic rings. The van der Waals surface area contributed by atoms with Crippen molar-refractivity contribution >= 4 is 27.9 Å². The van der Waals surface area contributed by atoms with E-state index < -0.39 is 0 Å². The number of thiophene rings is 1. The molecule has 0 spiro atoms. The second-order valence-corrected chi connectivity index (χ2v) is 4.30. The number of fused-ring (bicyclic) bond motifs is 1. The van der Waals surface area contributed by atoms with Crippen molar-refractivity contribution in [2.45, 2.75) is 0 Å². The van der Waals surface area contributed by atoms with Crippen LogP contribution in [-0.4, -0.2) is 4.98 Å². The second kappa shape index (κ2) is 3.14. The molecule has 3 rings (SSSR count). The average Bonchev–Trinajstić information content (AvgIpc) is 2.88. The normalized spacial score (nSPS) is 10.9. The Morgan fingerprint density at radius 3 is 2.87 bits per heavy atom. The molecule has 2 nitrogen and oxygen atoms in total. The number of H-pyrrole nitrogens is 1. The summed E-state index contributed by atoms with van der Waals surface area (Å²) in [5, 5.41) is 5.37. The Labute approximate surface area is 91.4 Å². The van der Waals surface area contributed by atoms with E-state index in [0.29, 0.717) is 0 Å². The third-order valence-electron chi connectivity index (χ3n) is 2.54. The number of benzene rings is 1. The third kappa shape index (κ3) is 1.32. The SMILES string of the molecule is Nc1cc(-c2ccsc2)cc2cc[nH]c12. The van der Waals surface area contributed by atoms with Crippen molar-refractivity contribution in [3.63, 3.8) is 0 Å². The lowest BCUT2D eigenvalue weighted by atomic mass is 10.1. The minimum atomic E-state index is 0.804. The van der Waals surface area contributed by atoms with E-state index in [9.17, 15) is 0 Å². The van der Waals surface area contributed by atoms with E-state index in [2.05, 4.69) is 27.9 Å². The number of aromatic amines is 1. The maximum atomic E-state index is 5.98. The summed E-state index contributed by atoms with van der Waals surface area (Å²) in [6.07, 6.45) is 1.92. The Balaban J connectivity index is 2.29. The molecule has 0 amide bonds. The van der Waals surface area contributed by atoms with Crippen LogP contribution in [0.4, 0.5) is 5.69 Å². The van der Waals surface area contributed by atoms with Crippen molar-refractivity contribution in [2.24, 2.45) is 0 Å². The van der Waals surface area contributed by atoms with Gasteiger partial charge in [0.05, 0.1) is 11.2 Å². The maximum Gasteiger partial charge on any atom is 0.0687 e. The number of nitrogen functional groups attached to an aromatic ring is 1. The van der Waals surface area contributed by atoms with Gasteiger partial charge in [0.2, 0.25) is 0 Å². The number of nitrogens with two attached hydrogens (primary N) is 1. The molecule has 0 aliphatic carbocycles. The number of hydrogen-bond acceptors (Lipinski definition) is 2. The molecule has 0 saturated heterocycles. The Bertz CT molecular complexity index is 593. The molecule has 74 valence electrons. The van der Waals surface area contributed by atoms with E-state index in [0.717, 1.165) is 16.6 Å². The van der Waals surface area contributed by atoms with Crippen molar-refractivity contribution in [3.05, 3.63) is 41.2 Å². The number of hydrogen-bond donors (Lipinski definition) is 2. The van der Waals surface area contributed by atoms with Crippen LogP contribution >= 0.6 is 11.3 Å². The van der Waals surface area contributed by atoms with Gasteiger partial charge in [-0.3, -0.25) is 0 Å². The molecule has 0 radical (unpaired) electrons. The van der Waals surface area contributed by atoms with Crippen LogP contribution in [-0.2, 0) is 0 Å². The van der Waals surface area contributed by atoms with E-state index in [4.69, 9.17) is 5.73 Å². The van der Waals surface area contributed by atoms with Crippen LogP contribution in [0, 0.1) is 0 Å². The molecule has 0 atom stereocenters. The fourth-order valence-corrected chi connectivity index (χ4v) is 2.46. The Hall–Kier alpha value is -1.74. The maximum absolute atomic E-state index is 5.98. The Morgan fingerprint density at radius 1 is 1.13 bits per heavy atom. The number of aromatic nitrogens is 1. The van der Waals surface area contributed by atoms with Gasteiger partial charge < -0.3 is 10.7 Å². The topological polar surface area (TPSA) is 41.8 Å². The predicted octanol–water partition coefficient (Wildman–Crippen LogP) is 3.48. The predicted molar refractivity (Wildman–Crippen MR) is 66.0 cm³/mol. The molecule has 2 heterocycles. The summed E-state index contributed by atoms with van der Waals surface area (Å²) in [6, 6.07) is 8.32. The third-order valence-corrected chi connectivity index (χ3v) is 3.23. The highest BCUT2D eigenvalue weighted by Crippen LogP contribution is 2.29. The summed E-state index contributed by atoms with van der Waals surface area (Å²) in [5.74, 6) is 0. The zero-order valence-electron chi connectivity index (χ0n) is 8.03. The van der Waals surface area contributed by atoms with Crippen LogP contribution in [0.1, 0.15) is 0 Å². The molecule has 3 N–H and O–H groups in total. The zero-order valence-corrected chi connectivity index (χ0v) is 8.84. The lowest BCUT2D eigenvalue weighted by molar-refractivity contribution is 1.48. The fraction of sp³-hybridized carbons (Fsp3) is 0. The first-order valence-corrected chi connectivity index (χ1v) is 5.68. The van der Waals surface area contributed by atoms with Crippen LogP contribution in [0.3, 0.4) is 0 Å². The van der Waals surface area contributed by atoms with Gasteiger partial charge in [0.25, 0.3) is 0 Å². The molecule has 15 heavy (non-hydrogen) atoms. The van der Waals surface area contributed by atoms with Gasteiger partial charge in [-0.2, -0.15) is 11.3 Å². The van der Waals surface area contributed by atoms with E-state index in [-0.39, 0.29) is 0 Å². The molecule has 0 aliphatic rings. The van der Waals surface area contributed by atoms with Crippen molar-refractivity contribution in [3.8, 4) is 11.1 Å². The Morgan fingerprint density at radius 2 is 2.07 bits per heavy atom. The van der Waals surface area contributed by atoms with Gasteiger partial charge in [-0.05, 0) is 46.2 Å². The number of anilines is 1. The first-order valence-electron chi connectivity index (χ1n) is 4.74. The fourth-order valence-electron chi connectivity index (χ4n) is 1.80. The average molecular weight is 214 g/mol. The summed E-state index contributed by atoms with van der Waals surface area (Å²) in [5.41, 5.74) is 10.2. The summed E-state index contributed by atoms with van der Waals surface area (Å²) in [6.45, 7) is 0. The standard InChI is InChI=1S/C12H10N2S/c13-11-6-10(9-2-4-15-7-9)5-8-1-3-14-12(8)11/h1-7,14H,13H2. The van der Waals surface area contributed by atoms with Gasteiger partial charge in [-0.1, -0.05) is 0 Å². The molecule has 2 aromatic heterocycles. The van der Waals surface area contributed by atoms with Crippen LogP contribution in [0.15, 0.2) is 41.2 Å². The van der Waals surface area contributed by atoms with Gasteiger partial charge in [0.1, 0.15) is 0 Å². The quantitative estimate of drug-likeness (QED) is 0.598. The lowest BCUT2D eigenvalue weighted by Gasteiger charge is -2.02. The highest BCUT2D eigenvalue weighted by molar-refractivity contribution is 7.08. The van der Waals surface area contributed by atoms with Crippen LogP contribution < -0.4 is 5.73 Å². The van der Waals surface area contributed by atoms with Gasteiger partial charge >= 0.3 is 0 Å². The monoisotopic (exact) mass is 214 g/mol. The van der Waals surface area contributed by atoms with Gasteiger partial charge in [-0.15, -0.1) is 0 Å². The van der Waals surface area contributed by atoms with Crippen LogP contribution in [0.2, 0.25) is 0 Å². The molecule has 0 bridgehead atoms. The summed E-state index contributed by atoms with van der Waals surface area (Å²) >= 11 is 1.70. The van der Waals surface area contributed by atoms with E-state index in [1.807, 2.05) is 18.3 Å². The van der Waals surface area contributed by atoms with Crippen molar-refractivity contribution < 1.29 is 0 Å². The molecule has 0 aliphatic heterocycles. The Kier molecular flexibility index (Phi) is 1.79. The molecule has 0 saturated carbocycles. The van der Waals surface area contributed by atoms with E-state index >= 15 is 0 Å². The number of rotatable bonds is 1. The van der Waals surface area contributed by atoms with Gasteiger partial charge in [-0.25, -0.2) is 0 Å². The summed E-state index contributed by atoms with van der Waals surface area (Å²) < 4.78 is 0. The van der Waals surface area contributed by atoms with Gasteiger partial charge in [0.15, 0.2) is 0 Å². The smallest absolute Gasteiger partial charge is 0.0687 e. The van der Waals surface area contributed by atoms with Crippen LogP contribution in [0.25, 0.3) is 22.0 Å². The molecule has 0 unspecified atom stereocenters. The zero-order chi connectivity index (χ0) is 10.3. The first-order chi connectivity index (χ1) is 7.34. The van der Waals surface area contributed by atoms with Crippen LogP contribution in [0.5, 0.6) is 0 Å². The highest BCUT2D eigenvalue weighted by atomic mass is 32.1. The highest BCUT2D eigenvalue weighted by Gasteiger charge is 2.04. The largest absolute Gasteiger partial charge is 0.397 e. The van der Waals surface area contributed by atoms with Gasteiger partial charge in [0, 0.05) is 11.6 Å². The number of nitrogens with one attached hydrogen (secondary N) is 1.